The van der Waals surface area contributed by atoms with Crippen LogP contribution in [-0.4, -0.2) is 34.2 Å². The van der Waals surface area contributed by atoms with Crippen molar-refractivity contribution < 1.29 is 17.9 Å². The number of nitrogens with zero attached hydrogens (tertiary/aromatic N) is 2. The fraction of sp³-hybridized carbons (Fsp3) is 0.167. The van der Waals surface area contributed by atoms with E-state index in [9.17, 15) is 13.2 Å². The largest absolute Gasteiger partial charge is 0.497 e. The van der Waals surface area contributed by atoms with Gasteiger partial charge in [-0.25, -0.2) is 13.8 Å². The van der Waals surface area contributed by atoms with Crippen LogP contribution in [0.1, 0.15) is 16.7 Å². The van der Waals surface area contributed by atoms with Crippen molar-refractivity contribution in [3.8, 4) is 5.75 Å². The number of ether oxygens (including phenoxy) is 1. The van der Waals surface area contributed by atoms with Crippen LogP contribution < -0.4 is 14.5 Å². The molecule has 3 aromatic rings. The smallest absolute Gasteiger partial charge is 0.264 e. The molecule has 0 radical (unpaired) electrons. The molecular formula is C24H25N3O4S. The van der Waals surface area contributed by atoms with E-state index in [1.165, 1.54) is 18.3 Å². The lowest BCUT2D eigenvalue weighted by molar-refractivity contribution is -0.119. The zero-order chi connectivity index (χ0) is 23.1. The summed E-state index contributed by atoms with van der Waals surface area (Å²) in [5.41, 5.74) is 5.21. The van der Waals surface area contributed by atoms with Crippen LogP contribution in [0.2, 0.25) is 0 Å². The number of sulfonamides is 1. The van der Waals surface area contributed by atoms with E-state index in [0.29, 0.717) is 11.4 Å². The summed E-state index contributed by atoms with van der Waals surface area (Å²) in [5, 5.41) is 3.96. The van der Waals surface area contributed by atoms with Crippen molar-refractivity contribution in [1.29, 1.82) is 0 Å². The predicted octanol–water partition coefficient (Wildman–Crippen LogP) is 3.66. The first-order valence-corrected chi connectivity index (χ1v) is 11.4. The molecule has 0 aromatic heterocycles. The molecule has 0 spiro atoms. The Hall–Kier alpha value is -3.65. The summed E-state index contributed by atoms with van der Waals surface area (Å²) >= 11 is 0. The lowest BCUT2D eigenvalue weighted by Crippen LogP contribution is -2.40. The number of aryl methyl sites for hydroxylation is 2. The molecule has 1 N–H and O–H groups in total. The van der Waals surface area contributed by atoms with E-state index < -0.39 is 22.5 Å². The summed E-state index contributed by atoms with van der Waals surface area (Å²) in [4.78, 5) is 12.8. The number of benzene rings is 3. The zero-order valence-electron chi connectivity index (χ0n) is 18.1. The minimum absolute atomic E-state index is 0.105. The normalized spacial score (nSPS) is 11.3. The number of hydrogen-bond donors (Lipinski definition) is 1. The van der Waals surface area contributed by atoms with Gasteiger partial charge in [-0.2, -0.15) is 5.10 Å². The number of methoxy groups -OCH3 is 1. The van der Waals surface area contributed by atoms with Crippen molar-refractivity contribution in [2.45, 2.75) is 18.7 Å². The monoisotopic (exact) mass is 451 g/mol. The van der Waals surface area contributed by atoms with Gasteiger partial charge in [0.1, 0.15) is 12.3 Å². The van der Waals surface area contributed by atoms with Crippen LogP contribution in [0.5, 0.6) is 5.75 Å². The summed E-state index contributed by atoms with van der Waals surface area (Å²) in [5.74, 6) is 0.0971. The molecule has 3 aromatic carbocycles. The van der Waals surface area contributed by atoms with E-state index in [1.54, 1.807) is 62.6 Å². The SMILES string of the molecule is COc1cccc(/C=N\NC(=O)CN(c2cc(C)ccc2C)S(=O)(=O)c2ccccc2)c1. The zero-order valence-corrected chi connectivity index (χ0v) is 19.0. The lowest BCUT2D eigenvalue weighted by atomic mass is 10.1. The number of amides is 1. The molecule has 0 aliphatic heterocycles. The average Bonchev–Trinajstić information content (AvgIpc) is 2.80. The second kappa shape index (κ2) is 10.1. The lowest BCUT2D eigenvalue weighted by Gasteiger charge is -2.25. The predicted molar refractivity (Wildman–Crippen MR) is 126 cm³/mol. The van der Waals surface area contributed by atoms with Crippen molar-refractivity contribution in [2.24, 2.45) is 5.10 Å². The highest BCUT2D eigenvalue weighted by Gasteiger charge is 2.28. The third-order valence-corrected chi connectivity index (χ3v) is 6.52. The Morgan fingerprint density at radius 1 is 1.03 bits per heavy atom. The first-order chi connectivity index (χ1) is 15.3. The van der Waals surface area contributed by atoms with Crippen molar-refractivity contribution in [3.05, 3.63) is 89.5 Å². The molecule has 0 heterocycles. The molecular weight excluding hydrogens is 426 g/mol. The highest BCUT2D eigenvalue weighted by Crippen LogP contribution is 2.27. The Morgan fingerprint density at radius 2 is 1.78 bits per heavy atom. The summed E-state index contributed by atoms with van der Waals surface area (Å²) in [6.45, 7) is 3.26. The van der Waals surface area contributed by atoms with Gasteiger partial charge in [0.2, 0.25) is 0 Å². The Balaban J connectivity index is 1.86. The molecule has 166 valence electrons. The Morgan fingerprint density at radius 3 is 2.50 bits per heavy atom. The van der Waals surface area contributed by atoms with Crippen LogP contribution in [-0.2, 0) is 14.8 Å². The molecule has 7 nitrogen and oxygen atoms in total. The molecule has 0 saturated heterocycles. The van der Waals surface area contributed by atoms with E-state index in [-0.39, 0.29) is 4.90 Å². The number of rotatable bonds is 8. The molecule has 0 saturated carbocycles. The number of hydrazone groups is 1. The van der Waals surface area contributed by atoms with Gasteiger partial charge in [-0.15, -0.1) is 0 Å². The minimum atomic E-state index is -3.97. The Kier molecular flexibility index (Phi) is 7.27. The first kappa shape index (κ1) is 23.0. The van der Waals surface area contributed by atoms with Gasteiger partial charge in [-0.1, -0.05) is 42.5 Å². The maximum Gasteiger partial charge on any atom is 0.264 e. The van der Waals surface area contributed by atoms with E-state index in [0.717, 1.165) is 21.0 Å². The second-order valence-corrected chi connectivity index (χ2v) is 9.05. The van der Waals surface area contributed by atoms with Gasteiger partial charge in [0, 0.05) is 0 Å². The fourth-order valence-electron chi connectivity index (χ4n) is 3.07. The van der Waals surface area contributed by atoms with Gasteiger partial charge in [-0.05, 0) is 60.9 Å². The van der Waals surface area contributed by atoms with Crippen molar-refractivity contribution in [3.63, 3.8) is 0 Å². The van der Waals surface area contributed by atoms with E-state index in [1.807, 2.05) is 19.1 Å². The van der Waals surface area contributed by atoms with Gasteiger partial charge >= 0.3 is 0 Å². The molecule has 0 fully saturated rings. The Labute approximate surface area is 188 Å². The summed E-state index contributed by atoms with van der Waals surface area (Å²) in [7, 11) is -2.41. The highest BCUT2D eigenvalue weighted by atomic mass is 32.2. The van der Waals surface area contributed by atoms with Crippen LogP contribution in [0.25, 0.3) is 0 Å². The van der Waals surface area contributed by atoms with Crippen molar-refractivity contribution in [1.82, 2.24) is 5.43 Å². The van der Waals surface area contributed by atoms with Crippen molar-refractivity contribution in [2.75, 3.05) is 18.0 Å². The van der Waals surface area contributed by atoms with Gasteiger partial charge in [0.15, 0.2) is 0 Å². The Bertz CT molecular complexity index is 1230. The van der Waals surface area contributed by atoms with E-state index in [2.05, 4.69) is 10.5 Å². The number of nitrogens with one attached hydrogen (secondary N) is 1. The second-order valence-electron chi connectivity index (χ2n) is 7.18. The molecule has 0 atom stereocenters. The average molecular weight is 452 g/mol. The number of carbonyl (C=O) groups excluding carboxylic acids is 1. The fourth-order valence-corrected chi connectivity index (χ4v) is 4.57. The maximum atomic E-state index is 13.4. The number of carbonyl (C=O) groups is 1. The van der Waals surface area contributed by atoms with Crippen LogP contribution in [0, 0.1) is 13.8 Å². The highest BCUT2D eigenvalue weighted by molar-refractivity contribution is 7.92. The van der Waals surface area contributed by atoms with Crippen LogP contribution >= 0.6 is 0 Å². The molecule has 0 unspecified atom stereocenters. The standard InChI is InChI=1S/C24H25N3O4S/c1-18-12-13-19(2)23(14-18)27(32(29,30)22-10-5-4-6-11-22)17-24(28)26-25-16-20-8-7-9-21(15-20)31-3/h4-16H,17H2,1-3H3,(H,26,28)/b25-16-. The third-order valence-electron chi connectivity index (χ3n) is 4.75. The van der Waals surface area contributed by atoms with Gasteiger partial charge < -0.3 is 4.74 Å². The topological polar surface area (TPSA) is 88.1 Å². The number of hydrogen-bond acceptors (Lipinski definition) is 5. The third kappa shape index (κ3) is 5.53. The van der Waals surface area contributed by atoms with Crippen molar-refractivity contribution >= 4 is 27.8 Å². The van der Waals surface area contributed by atoms with E-state index in [4.69, 9.17) is 4.74 Å². The summed E-state index contributed by atoms with van der Waals surface area (Å²) in [6, 6.07) is 20.7. The molecule has 8 heteroatoms. The van der Waals surface area contributed by atoms with Crippen LogP contribution in [0.4, 0.5) is 5.69 Å². The molecule has 1 amide bonds. The number of anilines is 1. The summed E-state index contributed by atoms with van der Waals surface area (Å²) in [6.07, 6.45) is 1.47. The van der Waals surface area contributed by atoms with Gasteiger partial charge in [0.25, 0.3) is 15.9 Å². The molecule has 0 aliphatic rings. The van der Waals surface area contributed by atoms with Crippen LogP contribution in [0.15, 0.2) is 82.8 Å². The first-order valence-electron chi connectivity index (χ1n) is 9.92. The maximum absolute atomic E-state index is 13.4. The van der Waals surface area contributed by atoms with Gasteiger partial charge in [-0.3, -0.25) is 9.10 Å². The quantitative estimate of drug-likeness (QED) is 0.418. The molecule has 32 heavy (non-hydrogen) atoms. The molecule has 3 rings (SSSR count). The van der Waals surface area contributed by atoms with Gasteiger partial charge in [0.05, 0.1) is 23.9 Å². The molecule has 0 bridgehead atoms. The summed E-state index contributed by atoms with van der Waals surface area (Å²) < 4.78 is 33.1. The van der Waals surface area contributed by atoms with Crippen LogP contribution in [0.3, 0.4) is 0 Å². The minimum Gasteiger partial charge on any atom is -0.497 e. The molecule has 0 aliphatic carbocycles. The van der Waals surface area contributed by atoms with E-state index >= 15 is 0 Å².